The predicted octanol–water partition coefficient (Wildman–Crippen LogP) is 3.59. The normalized spacial score (nSPS) is 24.9. The number of piperidine rings is 1. The molecule has 1 aromatic carbocycles. The number of carbonyl (C=O) groups is 3. The minimum absolute atomic E-state index is 0.0519. The van der Waals surface area contributed by atoms with Crippen LogP contribution in [-0.2, 0) is 9.59 Å². The number of halogens is 1. The van der Waals surface area contributed by atoms with Crippen LogP contribution >= 0.6 is 0 Å². The van der Waals surface area contributed by atoms with E-state index in [1.165, 1.54) is 24.5 Å². The minimum Gasteiger partial charge on any atom is -0.434 e. The molecule has 3 aliphatic heterocycles. The van der Waals surface area contributed by atoms with Gasteiger partial charge in [-0.25, -0.2) is 9.37 Å². The second kappa shape index (κ2) is 12.0. The van der Waals surface area contributed by atoms with E-state index in [0.29, 0.717) is 24.7 Å². The van der Waals surface area contributed by atoms with Crippen molar-refractivity contribution in [2.24, 2.45) is 11.3 Å². The lowest BCUT2D eigenvalue weighted by Gasteiger charge is -2.54. The number of hydrogen-bond donors (Lipinski definition) is 1. The fraction of sp³-hybridized carbons (Fsp3) is 0.625. The lowest BCUT2D eigenvalue weighted by atomic mass is 9.71. The van der Waals surface area contributed by atoms with Gasteiger partial charge in [-0.3, -0.25) is 14.4 Å². The molecule has 4 fully saturated rings. The highest BCUT2D eigenvalue weighted by Gasteiger charge is 2.48. The van der Waals surface area contributed by atoms with Crippen LogP contribution < -0.4 is 15.0 Å². The lowest BCUT2D eigenvalue weighted by molar-refractivity contribution is -0.135. The van der Waals surface area contributed by atoms with Gasteiger partial charge in [0.2, 0.25) is 5.78 Å². The minimum atomic E-state index is -0.514. The number of nitrogens with one attached hydrogen (secondary N) is 1. The second-order valence-corrected chi connectivity index (χ2v) is 13.5. The van der Waals surface area contributed by atoms with Gasteiger partial charge in [-0.2, -0.15) is 0 Å². The van der Waals surface area contributed by atoms with Gasteiger partial charge in [0, 0.05) is 49.6 Å². The molecule has 236 valence electrons. The van der Waals surface area contributed by atoms with Crippen LogP contribution in [0.25, 0.3) is 0 Å². The van der Waals surface area contributed by atoms with Crippen molar-refractivity contribution < 1.29 is 23.5 Å². The van der Waals surface area contributed by atoms with E-state index in [-0.39, 0.29) is 45.9 Å². The first kappa shape index (κ1) is 30.4. The Morgan fingerprint density at radius 2 is 1.89 bits per heavy atom. The summed E-state index contributed by atoms with van der Waals surface area (Å²) in [6, 6.07) is 3.88. The molecular formula is C32H42FN7O4. The Morgan fingerprint density at radius 3 is 2.52 bits per heavy atom. The molecule has 6 rings (SSSR count). The number of hydrogen-bond acceptors (Lipinski definition) is 9. The topological polar surface area (TPSA) is 121 Å². The van der Waals surface area contributed by atoms with Crippen molar-refractivity contribution in [1.82, 2.24) is 30.3 Å². The number of carbonyl (C=O) groups excluding carboxylic acids is 3. The summed E-state index contributed by atoms with van der Waals surface area (Å²) in [6.07, 6.45) is 7.81. The number of amides is 2. The van der Waals surface area contributed by atoms with Gasteiger partial charge in [-0.1, -0.05) is 0 Å². The van der Waals surface area contributed by atoms with Gasteiger partial charge in [0.05, 0.1) is 5.56 Å². The zero-order chi connectivity index (χ0) is 31.1. The number of anilines is 1. The third kappa shape index (κ3) is 6.00. The van der Waals surface area contributed by atoms with Crippen molar-refractivity contribution in [3.05, 3.63) is 35.9 Å². The average Bonchev–Trinajstić information content (AvgIpc) is 3.27. The Bertz CT molecular complexity index is 1390. The van der Waals surface area contributed by atoms with E-state index in [0.717, 1.165) is 71.2 Å². The number of likely N-dealkylation sites (tertiary alicyclic amines) is 1. The van der Waals surface area contributed by atoms with Crippen LogP contribution in [0.4, 0.5) is 10.2 Å². The zero-order valence-corrected chi connectivity index (χ0v) is 25.9. The van der Waals surface area contributed by atoms with Crippen molar-refractivity contribution in [1.29, 1.82) is 0 Å². The number of aromatic nitrogens is 3. The number of benzene rings is 1. The van der Waals surface area contributed by atoms with Crippen LogP contribution in [0, 0.1) is 17.2 Å². The van der Waals surface area contributed by atoms with Crippen LogP contribution in [0.1, 0.15) is 76.1 Å². The molecule has 1 aromatic heterocycles. The molecule has 12 heteroatoms. The molecule has 2 amide bonds. The molecule has 0 radical (unpaired) electrons. The molecule has 0 atom stereocenters. The molecule has 4 heterocycles. The molecule has 4 aliphatic rings. The average molecular weight is 608 g/mol. The smallest absolute Gasteiger partial charge is 0.287 e. The fourth-order valence-corrected chi connectivity index (χ4v) is 7.56. The van der Waals surface area contributed by atoms with Gasteiger partial charge in [-0.05, 0) is 96.5 Å². The number of nitrogens with zero attached hydrogens (tertiary/aromatic N) is 6. The number of ketones is 1. The monoisotopic (exact) mass is 607 g/mol. The maximum absolute atomic E-state index is 14.2. The highest BCUT2D eigenvalue weighted by Crippen LogP contribution is 2.45. The molecule has 1 aliphatic carbocycles. The third-order valence-corrected chi connectivity index (χ3v) is 10.2. The zero-order valence-electron chi connectivity index (χ0n) is 25.9. The summed E-state index contributed by atoms with van der Waals surface area (Å²) < 4.78 is 20.4. The molecule has 0 unspecified atom stereocenters. The number of rotatable bonds is 8. The summed E-state index contributed by atoms with van der Waals surface area (Å²) in [5, 5.41) is 11.1. The van der Waals surface area contributed by atoms with Gasteiger partial charge in [0.25, 0.3) is 17.7 Å². The standard InChI is InChI=1S/C32H42FN7O4/c1-4-40(21(2)3)30(43)24-15-23(33)5-6-26(24)44-29-27(34-20-35-37-29)39-18-31(19-39)11-13-38(14-12-31)17-22-7-9-32(10-8-22)16-25(41)28(42)36-32/h5-6,15,20-22H,4,7-14,16-19H2,1-3H3,(H,36,42). The molecule has 0 bridgehead atoms. The van der Waals surface area contributed by atoms with E-state index in [9.17, 15) is 18.8 Å². The van der Waals surface area contributed by atoms with Crippen LogP contribution in [0.15, 0.2) is 24.5 Å². The van der Waals surface area contributed by atoms with Crippen molar-refractivity contribution in [2.45, 2.75) is 77.3 Å². The Hall–Kier alpha value is -3.67. The van der Waals surface area contributed by atoms with Crippen LogP contribution in [0.3, 0.4) is 0 Å². The summed E-state index contributed by atoms with van der Waals surface area (Å²) in [5.74, 6) is 0.0904. The van der Waals surface area contributed by atoms with Gasteiger partial charge in [0.15, 0.2) is 5.82 Å². The summed E-state index contributed by atoms with van der Waals surface area (Å²) in [4.78, 5) is 47.7. The third-order valence-electron chi connectivity index (χ3n) is 10.2. The first-order valence-electron chi connectivity index (χ1n) is 15.9. The number of ether oxygens (including phenoxy) is 1. The van der Waals surface area contributed by atoms with Gasteiger partial charge in [0.1, 0.15) is 17.9 Å². The van der Waals surface area contributed by atoms with E-state index in [1.54, 1.807) is 4.90 Å². The largest absolute Gasteiger partial charge is 0.434 e. The molecular weight excluding hydrogens is 565 g/mol. The molecule has 11 nitrogen and oxygen atoms in total. The van der Waals surface area contributed by atoms with E-state index in [1.807, 2.05) is 20.8 Å². The van der Waals surface area contributed by atoms with Crippen molar-refractivity contribution in [3.63, 3.8) is 0 Å². The fourth-order valence-electron chi connectivity index (χ4n) is 7.56. The Labute approximate surface area is 257 Å². The first-order chi connectivity index (χ1) is 21.1. The van der Waals surface area contributed by atoms with Crippen molar-refractivity contribution in [3.8, 4) is 11.6 Å². The van der Waals surface area contributed by atoms with Gasteiger partial charge < -0.3 is 24.8 Å². The van der Waals surface area contributed by atoms with Gasteiger partial charge in [-0.15, -0.1) is 10.2 Å². The predicted molar refractivity (Wildman–Crippen MR) is 161 cm³/mol. The highest BCUT2D eigenvalue weighted by atomic mass is 19.1. The highest BCUT2D eigenvalue weighted by molar-refractivity contribution is 6.38. The molecule has 2 spiro atoms. The maximum atomic E-state index is 14.2. The Balaban J connectivity index is 1.04. The SMILES string of the molecule is CCN(C(=O)c1cc(F)ccc1Oc1nncnc1N1CC2(CCN(CC3CCC4(CC3)CC(=O)C(=O)N4)CC2)C1)C(C)C. The van der Waals surface area contributed by atoms with Crippen LogP contribution in [0.5, 0.6) is 11.6 Å². The quantitative estimate of drug-likeness (QED) is 0.449. The van der Waals surface area contributed by atoms with Gasteiger partial charge >= 0.3 is 0 Å². The molecule has 3 saturated heterocycles. The van der Waals surface area contributed by atoms with Crippen molar-refractivity contribution in [2.75, 3.05) is 44.2 Å². The molecule has 2 aromatic rings. The lowest BCUT2D eigenvalue weighted by Crippen LogP contribution is -2.61. The van der Waals surface area contributed by atoms with E-state index in [4.69, 9.17) is 4.74 Å². The van der Waals surface area contributed by atoms with E-state index < -0.39 is 11.7 Å². The van der Waals surface area contributed by atoms with Crippen LogP contribution in [-0.4, -0.2) is 93.4 Å². The van der Waals surface area contributed by atoms with Crippen LogP contribution in [0.2, 0.25) is 0 Å². The summed E-state index contributed by atoms with van der Waals surface area (Å²) in [5.41, 5.74) is 0.0567. The molecule has 1 N–H and O–H groups in total. The molecule has 1 saturated carbocycles. The summed E-state index contributed by atoms with van der Waals surface area (Å²) >= 11 is 0. The Kier molecular flexibility index (Phi) is 8.29. The van der Waals surface area contributed by atoms with E-state index >= 15 is 0 Å². The first-order valence-corrected chi connectivity index (χ1v) is 15.9. The number of Topliss-reactive ketones (excluding diaryl/α,β-unsaturated/α-hetero) is 1. The second-order valence-electron chi connectivity index (χ2n) is 13.5. The maximum Gasteiger partial charge on any atom is 0.287 e. The Morgan fingerprint density at radius 1 is 1.16 bits per heavy atom. The summed E-state index contributed by atoms with van der Waals surface area (Å²) in [6.45, 7) is 11.0. The van der Waals surface area contributed by atoms with Crippen molar-refractivity contribution >= 4 is 23.4 Å². The summed E-state index contributed by atoms with van der Waals surface area (Å²) in [7, 11) is 0. The molecule has 44 heavy (non-hydrogen) atoms. The van der Waals surface area contributed by atoms with E-state index in [2.05, 4.69) is 30.3 Å².